The van der Waals surface area contributed by atoms with Gasteiger partial charge in [0.15, 0.2) is 17.5 Å². The molecule has 0 amide bonds. The fraction of sp³-hybridized carbons (Fsp3) is 0. The predicted molar refractivity (Wildman–Crippen MR) is 201 cm³/mol. The maximum absolute atomic E-state index is 9.38. The summed E-state index contributed by atoms with van der Waals surface area (Å²) in [6, 6.07) is 50.8. The van der Waals surface area contributed by atoms with E-state index >= 15 is 0 Å². The van der Waals surface area contributed by atoms with Gasteiger partial charge in [0.05, 0.1) is 16.5 Å². The monoisotopic (exact) mass is 630 g/mol. The molecule has 0 N–H and O–H groups in total. The van der Waals surface area contributed by atoms with E-state index in [4.69, 9.17) is 15.0 Å². The molecule has 0 bridgehead atoms. The first-order valence-electron chi connectivity index (χ1n) is 18.1. The summed E-state index contributed by atoms with van der Waals surface area (Å²) in [4.78, 5) is 14.4. The Morgan fingerprint density at radius 3 is 1.41 bits per heavy atom. The first kappa shape index (κ1) is 24.5. The second-order valence-corrected chi connectivity index (χ2v) is 11.8. The number of aromatic nitrogens is 4. The van der Waals surface area contributed by atoms with Gasteiger partial charge < -0.3 is 4.57 Å². The van der Waals surface area contributed by atoms with Crippen molar-refractivity contribution in [1.29, 1.82) is 0 Å². The second kappa shape index (κ2) is 12.2. The van der Waals surface area contributed by atoms with Crippen molar-refractivity contribution in [3.8, 4) is 62.1 Å². The van der Waals surface area contributed by atoms with Gasteiger partial charge in [0.1, 0.15) is 0 Å². The minimum atomic E-state index is -0.233. The molecule has 2 heterocycles. The summed E-state index contributed by atoms with van der Waals surface area (Å²) in [6.07, 6.45) is 0. The highest BCUT2D eigenvalue weighted by molar-refractivity contribution is 6.10. The Morgan fingerprint density at radius 2 is 0.776 bits per heavy atom. The fourth-order valence-electron chi connectivity index (χ4n) is 6.33. The smallest absolute Gasteiger partial charge is 0.164 e. The van der Waals surface area contributed by atoms with Gasteiger partial charge in [-0.3, -0.25) is 0 Å². The molecule has 9 rings (SSSR count). The molecule has 0 saturated heterocycles. The summed E-state index contributed by atoms with van der Waals surface area (Å²) in [5.74, 6) is 0.806. The van der Waals surface area contributed by atoms with Crippen LogP contribution in [0.5, 0.6) is 0 Å². The molecule has 0 fully saturated rings. The van der Waals surface area contributed by atoms with Gasteiger partial charge >= 0.3 is 0 Å². The van der Waals surface area contributed by atoms with E-state index in [1.807, 2.05) is 132 Å². The molecule has 7 aromatic carbocycles. The molecular weight excluding hydrogens is 597 g/mol. The van der Waals surface area contributed by atoms with Crippen molar-refractivity contribution < 1.29 is 5.48 Å². The lowest BCUT2D eigenvalue weighted by Crippen LogP contribution is -2.00. The zero-order valence-corrected chi connectivity index (χ0v) is 26.3. The molecule has 0 radical (unpaired) electrons. The molecule has 2 aromatic heterocycles. The summed E-state index contributed by atoms with van der Waals surface area (Å²) in [7, 11) is 0. The van der Waals surface area contributed by atoms with E-state index in [0.717, 1.165) is 55.2 Å². The SMILES string of the molecule is [2H]c1c([2H])c(-n2c3ccccc3c3cc(-c4ccccc4)ccc32)c([2H])c([2H])c1-c1nc(-c2ccccc2)nc(-c2ccc(-c3ccccc3)cc2)n1. The Kier molecular flexibility index (Phi) is 6.09. The van der Waals surface area contributed by atoms with E-state index in [2.05, 4.69) is 30.3 Å². The largest absolute Gasteiger partial charge is 0.309 e. The average Bonchev–Trinajstić information content (AvgIpc) is 3.54. The van der Waals surface area contributed by atoms with Gasteiger partial charge in [-0.25, -0.2) is 15.0 Å². The van der Waals surface area contributed by atoms with Crippen molar-refractivity contribution in [3.05, 3.63) is 182 Å². The van der Waals surface area contributed by atoms with Gasteiger partial charge in [-0.15, -0.1) is 0 Å². The van der Waals surface area contributed by atoms with Crippen molar-refractivity contribution in [2.75, 3.05) is 0 Å². The molecule has 0 saturated carbocycles. The van der Waals surface area contributed by atoms with Gasteiger partial charge in [0.25, 0.3) is 0 Å². The van der Waals surface area contributed by atoms with Crippen LogP contribution < -0.4 is 0 Å². The Bertz CT molecular complexity index is 2770. The molecule has 230 valence electrons. The van der Waals surface area contributed by atoms with Crippen LogP contribution in [0.25, 0.3) is 83.9 Å². The van der Waals surface area contributed by atoms with Gasteiger partial charge in [0, 0.05) is 33.2 Å². The first-order chi connectivity index (χ1) is 26.0. The van der Waals surface area contributed by atoms with E-state index in [1.165, 1.54) is 0 Å². The third kappa shape index (κ3) is 5.35. The van der Waals surface area contributed by atoms with Gasteiger partial charge in [-0.05, 0) is 64.6 Å². The zero-order valence-electron chi connectivity index (χ0n) is 30.3. The summed E-state index contributed by atoms with van der Waals surface area (Å²) in [6.45, 7) is 0. The van der Waals surface area contributed by atoms with E-state index in [9.17, 15) is 5.48 Å². The Balaban J connectivity index is 1.22. The van der Waals surface area contributed by atoms with Crippen molar-refractivity contribution in [3.63, 3.8) is 0 Å². The molecule has 0 spiro atoms. The highest BCUT2D eigenvalue weighted by Gasteiger charge is 2.15. The highest BCUT2D eigenvalue weighted by Crippen LogP contribution is 2.35. The third-order valence-electron chi connectivity index (χ3n) is 8.76. The molecule has 4 heteroatoms. The Labute approximate surface area is 290 Å². The average molecular weight is 631 g/mol. The molecular formula is C45H30N4. The van der Waals surface area contributed by atoms with Crippen molar-refractivity contribution in [2.45, 2.75) is 0 Å². The summed E-state index contributed by atoms with van der Waals surface area (Å²) in [5.41, 5.74) is 7.48. The molecule has 4 nitrogen and oxygen atoms in total. The maximum atomic E-state index is 9.38. The number of benzene rings is 7. The standard InChI is InChI=1S/C45H30N4/c1-4-12-31(13-5-1)33-20-22-35(23-21-33)44-46-43(34-16-8-3-9-17-34)47-45(48-44)36-24-27-38(28-25-36)49-41-19-11-10-18-39(41)40-30-37(26-29-42(40)49)32-14-6-2-7-15-32/h1-30H/i24D,25D,27D,28D. The molecule has 0 aliphatic heterocycles. The Hall–Kier alpha value is -6.65. The predicted octanol–water partition coefficient (Wildman–Crippen LogP) is 11.3. The van der Waals surface area contributed by atoms with Gasteiger partial charge in [-0.1, -0.05) is 140 Å². The van der Waals surface area contributed by atoms with Crippen LogP contribution in [-0.4, -0.2) is 19.5 Å². The van der Waals surface area contributed by atoms with Crippen molar-refractivity contribution >= 4 is 21.8 Å². The number of fused-ring (bicyclic) bond motifs is 3. The van der Waals surface area contributed by atoms with E-state index in [0.29, 0.717) is 11.6 Å². The lowest BCUT2D eigenvalue weighted by molar-refractivity contribution is 1.07. The Morgan fingerprint density at radius 1 is 0.347 bits per heavy atom. The number of hydrogen-bond donors (Lipinski definition) is 0. The minimum absolute atomic E-state index is 0.0117. The molecule has 0 unspecified atom stereocenters. The second-order valence-electron chi connectivity index (χ2n) is 11.8. The topological polar surface area (TPSA) is 43.6 Å². The highest BCUT2D eigenvalue weighted by atomic mass is 15.0. The van der Waals surface area contributed by atoms with E-state index < -0.39 is 0 Å². The number of rotatable bonds is 6. The lowest BCUT2D eigenvalue weighted by atomic mass is 10.0. The summed E-state index contributed by atoms with van der Waals surface area (Å²) < 4.78 is 39.3. The van der Waals surface area contributed by atoms with Crippen molar-refractivity contribution in [2.24, 2.45) is 0 Å². The lowest BCUT2D eigenvalue weighted by Gasteiger charge is -2.11. The molecule has 0 aliphatic carbocycles. The van der Waals surface area contributed by atoms with Gasteiger partial charge in [-0.2, -0.15) is 0 Å². The van der Waals surface area contributed by atoms with Crippen LogP contribution in [-0.2, 0) is 0 Å². The van der Waals surface area contributed by atoms with Crippen LogP contribution in [0, 0.1) is 0 Å². The number of hydrogen-bond acceptors (Lipinski definition) is 3. The molecule has 9 aromatic rings. The maximum Gasteiger partial charge on any atom is 0.164 e. The quantitative estimate of drug-likeness (QED) is 0.184. The van der Waals surface area contributed by atoms with Crippen LogP contribution in [0.1, 0.15) is 5.48 Å². The normalized spacial score (nSPS) is 12.4. The third-order valence-corrected chi connectivity index (χ3v) is 8.76. The molecule has 0 aliphatic rings. The number of nitrogens with zero attached hydrogens (tertiary/aromatic N) is 4. The molecule has 0 atom stereocenters. The van der Waals surface area contributed by atoms with Gasteiger partial charge in [0.2, 0.25) is 0 Å². The number of para-hydroxylation sites is 1. The first-order valence-corrected chi connectivity index (χ1v) is 16.1. The van der Waals surface area contributed by atoms with Crippen LogP contribution in [0.3, 0.4) is 0 Å². The van der Waals surface area contributed by atoms with Crippen LogP contribution >= 0.6 is 0 Å². The summed E-state index contributed by atoms with van der Waals surface area (Å²) >= 11 is 0. The van der Waals surface area contributed by atoms with E-state index in [-0.39, 0.29) is 41.2 Å². The minimum Gasteiger partial charge on any atom is -0.309 e. The molecule has 49 heavy (non-hydrogen) atoms. The fourth-order valence-corrected chi connectivity index (χ4v) is 6.33. The van der Waals surface area contributed by atoms with E-state index in [1.54, 1.807) is 0 Å². The van der Waals surface area contributed by atoms with Crippen LogP contribution in [0.4, 0.5) is 0 Å². The van der Waals surface area contributed by atoms with Crippen LogP contribution in [0.2, 0.25) is 0 Å². The van der Waals surface area contributed by atoms with Crippen molar-refractivity contribution in [1.82, 2.24) is 19.5 Å². The van der Waals surface area contributed by atoms with Crippen LogP contribution in [0.15, 0.2) is 182 Å². The zero-order chi connectivity index (χ0) is 36.1. The summed E-state index contributed by atoms with van der Waals surface area (Å²) in [5, 5.41) is 1.91.